The van der Waals surface area contributed by atoms with Gasteiger partial charge in [0.2, 0.25) is 0 Å². The van der Waals surface area contributed by atoms with Crippen LogP contribution in [0.15, 0.2) is 0 Å². The van der Waals surface area contributed by atoms with Gasteiger partial charge in [-0.25, -0.2) is 4.79 Å². The van der Waals surface area contributed by atoms with Gasteiger partial charge in [-0.3, -0.25) is 0 Å². The van der Waals surface area contributed by atoms with Crippen LogP contribution in [-0.2, 0) is 4.74 Å². The first kappa shape index (κ1) is 17.8. The van der Waals surface area contributed by atoms with E-state index >= 15 is 0 Å². The number of rotatable bonds is 3. The van der Waals surface area contributed by atoms with E-state index in [1.165, 1.54) is 0 Å². The highest BCUT2D eigenvalue weighted by Crippen LogP contribution is 2.27. The number of ether oxygens (including phenoxy) is 1. The van der Waals surface area contributed by atoms with Crippen molar-refractivity contribution in [3.8, 4) is 11.8 Å². The number of aliphatic hydroxyl groups is 1. The first-order valence-electron chi connectivity index (χ1n) is 7.88. The Kier molecular flexibility index (Phi) is 7.04. The predicted octanol–water partition coefficient (Wildman–Crippen LogP) is 3.19. The highest BCUT2D eigenvalue weighted by molar-refractivity contribution is 5.68. The number of amides is 1. The van der Waals surface area contributed by atoms with Gasteiger partial charge in [-0.15, -0.1) is 5.92 Å². The summed E-state index contributed by atoms with van der Waals surface area (Å²) in [6.07, 6.45) is 5.32. The third kappa shape index (κ3) is 6.86. The van der Waals surface area contributed by atoms with Gasteiger partial charge in [0.05, 0.1) is 0 Å². The van der Waals surface area contributed by atoms with Crippen LogP contribution in [0.4, 0.5) is 4.79 Å². The SMILES string of the molecule is CN(C(=O)OC(C)(C)C)C1CCC(C#CCCCO)CC1. The second kappa shape index (κ2) is 8.29. The number of carbonyl (C=O) groups excluding carboxylic acids is 1. The van der Waals surface area contributed by atoms with Gasteiger partial charge in [0.1, 0.15) is 5.60 Å². The largest absolute Gasteiger partial charge is 0.444 e. The van der Waals surface area contributed by atoms with Gasteiger partial charge in [-0.1, -0.05) is 5.92 Å². The predicted molar refractivity (Wildman–Crippen MR) is 83.8 cm³/mol. The highest BCUT2D eigenvalue weighted by Gasteiger charge is 2.28. The van der Waals surface area contributed by atoms with Gasteiger partial charge in [-0.2, -0.15) is 0 Å². The molecule has 120 valence electrons. The second-order valence-corrected chi connectivity index (χ2v) is 6.74. The molecule has 0 radical (unpaired) electrons. The van der Waals surface area contributed by atoms with E-state index < -0.39 is 5.60 Å². The fraction of sp³-hybridized carbons (Fsp3) is 0.824. The van der Waals surface area contributed by atoms with Crippen LogP contribution in [-0.4, -0.2) is 41.4 Å². The molecule has 0 spiro atoms. The second-order valence-electron chi connectivity index (χ2n) is 6.74. The van der Waals surface area contributed by atoms with Crippen molar-refractivity contribution in [2.75, 3.05) is 13.7 Å². The zero-order valence-corrected chi connectivity index (χ0v) is 13.8. The van der Waals surface area contributed by atoms with Crippen LogP contribution < -0.4 is 0 Å². The fourth-order valence-corrected chi connectivity index (χ4v) is 2.47. The number of hydrogen-bond donors (Lipinski definition) is 1. The summed E-state index contributed by atoms with van der Waals surface area (Å²) in [5.41, 5.74) is -0.444. The molecule has 0 aromatic carbocycles. The normalized spacial score (nSPS) is 22.1. The van der Waals surface area contributed by atoms with Gasteiger partial charge in [0.15, 0.2) is 0 Å². The molecule has 0 unspecified atom stereocenters. The van der Waals surface area contributed by atoms with Gasteiger partial charge in [0, 0.05) is 32.0 Å². The molecule has 1 saturated carbocycles. The molecule has 1 aliphatic rings. The molecule has 0 atom stereocenters. The molecule has 4 nitrogen and oxygen atoms in total. The molecule has 0 saturated heterocycles. The summed E-state index contributed by atoms with van der Waals surface area (Å²) < 4.78 is 5.41. The Bertz CT molecular complexity index is 381. The van der Waals surface area contributed by atoms with Gasteiger partial charge < -0.3 is 14.7 Å². The van der Waals surface area contributed by atoms with E-state index in [2.05, 4.69) is 11.8 Å². The molecule has 0 aromatic rings. The lowest BCUT2D eigenvalue weighted by molar-refractivity contribution is 0.0180. The van der Waals surface area contributed by atoms with Gasteiger partial charge >= 0.3 is 6.09 Å². The molecule has 0 bridgehead atoms. The minimum absolute atomic E-state index is 0.210. The van der Waals surface area contributed by atoms with E-state index in [0.29, 0.717) is 5.92 Å². The maximum atomic E-state index is 12.0. The molecule has 1 rings (SSSR count). The van der Waals surface area contributed by atoms with Crippen LogP contribution in [0.2, 0.25) is 0 Å². The Morgan fingerprint density at radius 2 is 1.90 bits per heavy atom. The lowest BCUT2D eigenvalue weighted by atomic mass is 9.86. The Morgan fingerprint density at radius 1 is 1.29 bits per heavy atom. The first-order chi connectivity index (χ1) is 9.83. The maximum Gasteiger partial charge on any atom is 0.410 e. The van der Waals surface area contributed by atoms with Crippen LogP contribution in [0.25, 0.3) is 0 Å². The summed E-state index contributed by atoms with van der Waals surface area (Å²) in [5.74, 6) is 6.86. The van der Waals surface area contributed by atoms with E-state index in [9.17, 15) is 4.79 Å². The summed E-state index contributed by atoms with van der Waals surface area (Å²) in [7, 11) is 1.83. The van der Waals surface area contributed by atoms with Crippen LogP contribution >= 0.6 is 0 Å². The summed E-state index contributed by atoms with van der Waals surface area (Å²) >= 11 is 0. The monoisotopic (exact) mass is 295 g/mol. The van der Waals surface area contributed by atoms with Crippen molar-refractivity contribution < 1.29 is 14.6 Å². The zero-order valence-electron chi connectivity index (χ0n) is 13.8. The lowest BCUT2D eigenvalue weighted by Gasteiger charge is -2.34. The number of unbranched alkanes of at least 4 members (excludes halogenated alkanes) is 1. The molecule has 0 aliphatic heterocycles. The first-order valence-corrected chi connectivity index (χ1v) is 7.88. The zero-order chi connectivity index (χ0) is 15.9. The topological polar surface area (TPSA) is 49.8 Å². The molecule has 4 heteroatoms. The van der Waals surface area contributed by atoms with Crippen molar-refractivity contribution in [1.29, 1.82) is 0 Å². The van der Waals surface area contributed by atoms with E-state index in [1.807, 2.05) is 27.8 Å². The standard InChI is InChI=1S/C17H29NO3/c1-17(2,3)21-16(20)18(4)15-11-9-14(10-12-15)8-6-5-7-13-19/h14-15,19H,5,7,9-13H2,1-4H3. The Balaban J connectivity index is 2.37. The summed E-state index contributed by atoms with van der Waals surface area (Å²) in [6, 6.07) is 0.260. The molecule has 1 aliphatic carbocycles. The number of aliphatic hydroxyl groups excluding tert-OH is 1. The number of carbonyl (C=O) groups is 1. The van der Waals surface area contributed by atoms with E-state index in [-0.39, 0.29) is 18.7 Å². The molecule has 0 aromatic heterocycles. The van der Waals surface area contributed by atoms with Crippen molar-refractivity contribution in [2.24, 2.45) is 5.92 Å². The smallest absolute Gasteiger partial charge is 0.410 e. The number of nitrogens with zero attached hydrogens (tertiary/aromatic N) is 1. The molecule has 0 heterocycles. The highest BCUT2D eigenvalue weighted by atomic mass is 16.6. The van der Waals surface area contributed by atoms with Crippen molar-refractivity contribution >= 4 is 6.09 Å². The van der Waals surface area contributed by atoms with Crippen LogP contribution in [0.5, 0.6) is 0 Å². The van der Waals surface area contributed by atoms with Gasteiger partial charge in [-0.05, 0) is 52.9 Å². The van der Waals surface area contributed by atoms with E-state index in [1.54, 1.807) is 4.90 Å². The Morgan fingerprint density at radius 3 is 2.43 bits per heavy atom. The van der Waals surface area contributed by atoms with Crippen molar-refractivity contribution in [1.82, 2.24) is 4.90 Å². The van der Waals surface area contributed by atoms with Crippen molar-refractivity contribution in [3.63, 3.8) is 0 Å². The quantitative estimate of drug-likeness (QED) is 0.642. The van der Waals surface area contributed by atoms with Crippen molar-refractivity contribution in [3.05, 3.63) is 0 Å². The average Bonchev–Trinajstić information content (AvgIpc) is 2.41. The minimum Gasteiger partial charge on any atom is -0.444 e. The van der Waals surface area contributed by atoms with Gasteiger partial charge in [0.25, 0.3) is 0 Å². The number of hydrogen-bond acceptors (Lipinski definition) is 3. The third-order valence-corrected chi connectivity index (χ3v) is 3.69. The fourth-order valence-electron chi connectivity index (χ4n) is 2.47. The molecular weight excluding hydrogens is 266 g/mol. The summed E-state index contributed by atoms with van der Waals surface area (Å²) in [4.78, 5) is 13.8. The molecular formula is C17H29NO3. The van der Waals surface area contributed by atoms with Crippen LogP contribution in [0, 0.1) is 17.8 Å². The maximum absolute atomic E-state index is 12.0. The molecule has 21 heavy (non-hydrogen) atoms. The molecule has 1 N–H and O–H groups in total. The summed E-state index contributed by atoms with van der Waals surface area (Å²) in [6.45, 7) is 5.87. The van der Waals surface area contributed by atoms with E-state index in [0.717, 1.165) is 38.5 Å². The molecule has 1 fully saturated rings. The van der Waals surface area contributed by atoms with Crippen LogP contribution in [0.3, 0.4) is 0 Å². The van der Waals surface area contributed by atoms with Crippen LogP contribution in [0.1, 0.15) is 59.3 Å². The molecule has 1 amide bonds. The Hall–Kier alpha value is -1.21. The van der Waals surface area contributed by atoms with Crippen molar-refractivity contribution in [2.45, 2.75) is 70.9 Å². The lowest BCUT2D eigenvalue weighted by Crippen LogP contribution is -2.42. The average molecular weight is 295 g/mol. The Labute approximate surface area is 128 Å². The minimum atomic E-state index is -0.444. The third-order valence-electron chi connectivity index (χ3n) is 3.69. The summed E-state index contributed by atoms with van der Waals surface area (Å²) in [5, 5.41) is 8.71. The van der Waals surface area contributed by atoms with E-state index in [4.69, 9.17) is 9.84 Å².